The van der Waals surface area contributed by atoms with Gasteiger partial charge < -0.3 is 20.3 Å². The van der Waals surface area contributed by atoms with E-state index in [9.17, 15) is 9.59 Å². The number of para-hydroxylation sites is 1. The minimum Gasteiger partial charge on any atom is -0.383 e. The van der Waals surface area contributed by atoms with Crippen LogP contribution in [0.5, 0.6) is 0 Å². The lowest BCUT2D eigenvalue weighted by molar-refractivity contribution is 0.0915. The summed E-state index contributed by atoms with van der Waals surface area (Å²) in [6.07, 6.45) is 0.827. The zero-order chi connectivity index (χ0) is 21.4. The highest BCUT2D eigenvalue weighted by atomic mass is 32.1. The van der Waals surface area contributed by atoms with E-state index in [0.29, 0.717) is 30.4 Å². The van der Waals surface area contributed by atoms with Crippen molar-refractivity contribution in [2.45, 2.75) is 46.2 Å². The monoisotopic (exact) mass is 418 g/mol. The van der Waals surface area contributed by atoms with Crippen molar-refractivity contribution >= 4 is 29.0 Å². The summed E-state index contributed by atoms with van der Waals surface area (Å²) in [5.74, 6) is -0.218. The minimum absolute atomic E-state index is 0.218. The molecule has 8 heteroatoms. The third-order valence-electron chi connectivity index (χ3n) is 4.09. The summed E-state index contributed by atoms with van der Waals surface area (Å²) >= 11 is 1.36. The van der Waals surface area contributed by atoms with E-state index in [1.807, 2.05) is 52.0 Å². The van der Waals surface area contributed by atoms with Gasteiger partial charge in [-0.3, -0.25) is 4.79 Å². The van der Waals surface area contributed by atoms with Crippen molar-refractivity contribution < 1.29 is 14.3 Å². The maximum atomic E-state index is 12.9. The molecule has 0 aliphatic heterocycles. The number of carbonyl (C=O) groups is 2. The van der Waals surface area contributed by atoms with Gasteiger partial charge in [-0.25, -0.2) is 9.78 Å². The van der Waals surface area contributed by atoms with Crippen LogP contribution in [0.25, 0.3) is 0 Å². The molecule has 0 saturated heterocycles. The number of aromatic nitrogens is 1. The molecule has 0 atom stereocenters. The van der Waals surface area contributed by atoms with Gasteiger partial charge >= 0.3 is 6.03 Å². The van der Waals surface area contributed by atoms with E-state index in [0.717, 1.165) is 17.7 Å². The minimum atomic E-state index is -0.335. The summed E-state index contributed by atoms with van der Waals surface area (Å²) < 4.78 is 5.15. The Morgan fingerprint density at radius 1 is 1.24 bits per heavy atom. The Balaban J connectivity index is 2.10. The molecule has 158 valence electrons. The molecule has 1 aromatic heterocycles. The van der Waals surface area contributed by atoms with E-state index >= 15 is 0 Å². The number of anilines is 1. The number of hydrogen-bond donors (Lipinski definition) is 2. The highest BCUT2D eigenvalue weighted by Crippen LogP contribution is 2.18. The van der Waals surface area contributed by atoms with Crippen molar-refractivity contribution in [2.24, 2.45) is 0 Å². The molecule has 1 aromatic carbocycles. The second-order valence-electron chi connectivity index (χ2n) is 7.69. The van der Waals surface area contributed by atoms with E-state index < -0.39 is 0 Å². The molecule has 29 heavy (non-hydrogen) atoms. The third kappa shape index (κ3) is 7.14. The number of nitrogens with one attached hydrogen (secondary N) is 2. The van der Waals surface area contributed by atoms with Crippen molar-refractivity contribution in [3.63, 3.8) is 0 Å². The molecular formula is C21H30N4O3S. The van der Waals surface area contributed by atoms with Crippen LogP contribution in [0, 0.1) is 0 Å². The number of amides is 3. The first-order valence-corrected chi connectivity index (χ1v) is 10.5. The number of hydrogen-bond acceptors (Lipinski definition) is 5. The Labute approximate surface area is 176 Å². The zero-order valence-electron chi connectivity index (χ0n) is 17.7. The number of nitrogens with zero attached hydrogens (tertiary/aromatic N) is 2. The second-order valence-corrected chi connectivity index (χ2v) is 8.63. The predicted molar refractivity (Wildman–Crippen MR) is 116 cm³/mol. The molecule has 3 amide bonds. The van der Waals surface area contributed by atoms with E-state index in [2.05, 4.69) is 15.6 Å². The summed E-state index contributed by atoms with van der Waals surface area (Å²) in [6.45, 7) is 8.94. The van der Waals surface area contributed by atoms with Gasteiger partial charge in [-0.1, -0.05) is 25.1 Å². The van der Waals surface area contributed by atoms with Crippen molar-refractivity contribution in [1.29, 1.82) is 0 Å². The number of carbonyl (C=O) groups excluding carboxylic acids is 2. The van der Waals surface area contributed by atoms with E-state index in [1.54, 1.807) is 17.4 Å². The number of thiazole rings is 1. The Bertz CT molecular complexity index is 829. The molecule has 0 radical (unpaired) electrons. The topological polar surface area (TPSA) is 83.6 Å². The molecule has 0 aliphatic rings. The lowest BCUT2D eigenvalue weighted by Crippen LogP contribution is -2.40. The maximum absolute atomic E-state index is 12.9. The van der Waals surface area contributed by atoms with Gasteiger partial charge in [0.15, 0.2) is 0 Å². The molecule has 2 aromatic rings. The summed E-state index contributed by atoms with van der Waals surface area (Å²) in [4.78, 5) is 31.2. The van der Waals surface area contributed by atoms with Crippen LogP contribution >= 0.6 is 11.3 Å². The fourth-order valence-electron chi connectivity index (χ4n) is 2.65. The summed E-state index contributed by atoms with van der Waals surface area (Å²) in [6, 6.07) is 7.52. The summed E-state index contributed by atoms with van der Waals surface area (Å²) in [5, 5.41) is 8.29. The molecule has 2 rings (SSSR count). The van der Waals surface area contributed by atoms with E-state index in [4.69, 9.17) is 4.74 Å². The van der Waals surface area contributed by atoms with Crippen molar-refractivity contribution in [3.05, 3.63) is 45.9 Å². The lowest BCUT2D eigenvalue weighted by atomic mass is 10.1. The number of rotatable bonds is 8. The first-order chi connectivity index (χ1) is 13.7. The van der Waals surface area contributed by atoms with Gasteiger partial charge in [0.2, 0.25) is 0 Å². The molecule has 0 spiro atoms. The predicted octanol–water partition coefficient (Wildman–Crippen LogP) is 3.91. The van der Waals surface area contributed by atoms with Crippen LogP contribution in [-0.2, 0) is 17.7 Å². The number of aryl methyl sites for hydroxylation is 1. The lowest BCUT2D eigenvalue weighted by Gasteiger charge is -2.22. The Morgan fingerprint density at radius 3 is 2.62 bits per heavy atom. The van der Waals surface area contributed by atoms with Crippen LogP contribution in [0.3, 0.4) is 0 Å². The second kappa shape index (κ2) is 10.4. The summed E-state index contributed by atoms with van der Waals surface area (Å²) in [5.41, 5.74) is 1.90. The largest absolute Gasteiger partial charge is 0.383 e. The highest BCUT2D eigenvalue weighted by molar-refractivity contribution is 7.09. The molecule has 2 N–H and O–H groups in total. The van der Waals surface area contributed by atoms with E-state index in [-0.39, 0.29) is 17.5 Å². The Kier molecular flexibility index (Phi) is 8.16. The molecule has 0 fully saturated rings. The van der Waals surface area contributed by atoms with Gasteiger partial charge in [-0.15, -0.1) is 11.3 Å². The van der Waals surface area contributed by atoms with Crippen LogP contribution in [0.4, 0.5) is 10.5 Å². The van der Waals surface area contributed by atoms with Gasteiger partial charge in [0.05, 0.1) is 13.2 Å². The highest BCUT2D eigenvalue weighted by Gasteiger charge is 2.20. The Hall–Kier alpha value is -2.45. The van der Waals surface area contributed by atoms with Gasteiger partial charge in [-0.2, -0.15) is 0 Å². The first-order valence-electron chi connectivity index (χ1n) is 9.63. The molecule has 0 saturated carbocycles. The molecule has 0 bridgehead atoms. The third-order valence-corrected chi connectivity index (χ3v) is 4.93. The molecular weight excluding hydrogens is 388 g/mol. The van der Waals surface area contributed by atoms with Gasteiger partial charge in [0, 0.05) is 30.3 Å². The number of ether oxygens (including phenoxy) is 1. The maximum Gasteiger partial charge on any atom is 0.322 e. The van der Waals surface area contributed by atoms with Crippen LogP contribution in [0.2, 0.25) is 0 Å². The van der Waals surface area contributed by atoms with Gasteiger partial charge in [-0.05, 0) is 38.8 Å². The standard InChI is InChI=1S/C21H30N4O3S/c1-6-15-9-7-8-10-16(15)23-20(27)25(11-12-28-5)13-18-22-17(14-29-18)19(26)24-21(2,3)4/h7-10,14H,6,11-13H2,1-5H3,(H,23,27)(H,24,26). The number of benzene rings is 1. The fraction of sp³-hybridized carbons (Fsp3) is 0.476. The number of urea groups is 1. The van der Waals surface area contributed by atoms with E-state index in [1.165, 1.54) is 11.3 Å². The molecule has 0 aliphatic carbocycles. The van der Waals surface area contributed by atoms with Crippen LogP contribution in [0.1, 0.15) is 48.8 Å². The first kappa shape index (κ1) is 22.8. The molecule has 1 heterocycles. The average Bonchev–Trinajstić information content (AvgIpc) is 3.13. The normalized spacial score (nSPS) is 11.2. The van der Waals surface area contributed by atoms with Gasteiger partial charge in [0.1, 0.15) is 10.7 Å². The fourth-order valence-corrected chi connectivity index (χ4v) is 3.44. The van der Waals surface area contributed by atoms with Crippen molar-refractivity contribution in [3.8, 4) is 0 Å². The van der Waals surface area contributed by atoms with Crippen LogP contribution in [-0.4, -0.2) is 47.6 Å². The number of methoxy groups -OCH3 is 1. The average molecular weight is 419 g/mol. The molecule has 7 nitrogen and oxygen atoms in total. The molecule has 0 unspecified atom stereocenters. The van der Waals surface area contributed by atoms with Crippen molar-refractivity contribution in [2.75, 3.05) is 25.6 Å². The zero-order valence-corrected chi connectivity index (χ0v) is 18.6. The van der Waals surface area contributed by atoms with Crippen LogP contribution in [0.15, 0.2) is 29.6 Å². The summed E-state index contributed by atoms with van der Waals surface area (Å²) in [7, 11) is 1.60. The van der Waals surface area contributed by atoms with Crippen LogP contribution < -0.4 is 10.6 Å². The smallest absolute Gasteiger partial charge is 0.322 e. The quantitative estimate of drug-likeness (QED) is 0.681. The Morgan fingerprint density at radius 2 is 1.97 bits per heavy atom. The SMILES string of the molecule is CCc1ccccc1NC(=O)N(CCOC)Cc1nc(C(=O)NC(C)(C)C)cs1. The van der Waals surface area contributed by atoms with Crippen molar-refractivity contribution in [1.82, 2.24) is 15.2 Å². The van der Waals surface area contributed by atoms with Gasteiger partial charge in [0.25, 0.3) is 5.91 Å².